The van der Waals surface area contributed by atoms with E-state index >= 15 is 0 Å². The van der Waals surface area contributed by atoms with Gasteiger partial charge in [-0.15, -0.1) is 0 Å². The van der Waals surface area contributed by atoms with Crippen LogP contribution in [0.2, 0.25) is 0 Å². The Labute approximate surface area is 94.1 Å². The van der Waals surface area contributed by atoms with E-state index in [0.717, 1.165) is 0 Å². The summed E-state index contributed by atoms with van der Waals surface area (Å²) in [5.41, 5.74) is 0. The molecule has 2 rings (SSSR count). The Morgan fingerprint density at radius 3 is 2.81 bits per heavy atom. The molecule has 2 aliphatic rings. The van der Waals surface area contributed by atoms with Crippen molar-refractivity contribution in [2.24, 2.45) is 0 Å². The topological polar surface area (TPSA) is 68.2 Å². The summed E-state index contributed by atoms with van der Waals surface area (Å²) in [6.07, 6.45) is 0.712. The Hall–Kier alpha value is -0.850. The molecule has 0 aliphatic carbocycles. The zero-order chi connectivity index (χ0) is 11.6. The monoisotopic (exact) mass is 231 g/mol. The Balaban J connectivity index is 2.04. The second kappa shape index (κ2) is 4.57. The fraction of sp³-hybridized carbons (Fsp3) is 0.900. The highest BCUT2D eigenvalue weighted by atomic mass is 16.7. The van der Waals surface area contributed by atoms with Crippen molar-refractivity contribution in [1.29, 1.82) is 0 Å². The van der Waals surface area contributed by atoms with E-state index in [1.807, 2.05) is 0 Å². The molecule has 1 N–H and O–H groups in total. The van der Waals surface area contributed by atoms with E-state index in [2.05, 4.69) is 4.74 Å². The van der Waals surface area contributed by atoms with Crippen molar-refractivity contribution in [2.45, 2.75) is 24.7 Å². The molecule has 0 aromatic carbocycles. The summed E-state index contributed by atoms with van der Waals surface area (Å²) in [7, 11) is 1.34. The van der Waals surface area contributed by atoms with Gasteiger partial charge in [-0.25, -0.2) is 4.79 Å². The Morgan fingerprint density at radius 1 is 1.56 bits per heavy atom. The smallest absolute Gasteiger partial charge is 0.409 e. The summed E-state index contributed by atoms with van der Waals surface area (Å²) >= 11 is 0. The van der Waals surface area contributed by atoms with Gasteiger partial charge in [0.1, 0.15) is 0 Å². The largest absolute Gasteiger partial charge is 0.453 e. The lowest BCUT2D eigenvalue weighted by molar-refractivity contribution is -0.195. The van der Waals surface area contributed by atoms with Gasteiger partial charge in [-0.3, -0.25) is 0 Å². The molecule has 0 aromatic heterocycles. The molecule has 0 bridgehead atoms. The number of hydrogen-bond acceptors (Lipinski definition) is 5. The minimum atomic E-state index is -0.599. The van der Waals surface area contributed by atoms with E-state index in [1.165, 1.54) is 12.0 Å². The number of amides is 1. The molecule has 2 aliphatic heterocycles. The highest BCUT2D eigenvalue weighted by Crippen LogP contribution is 2.34. The highest BCUT2D eigenvalue weighted by Gasteiger charge is 2.45. The van der Waals surface area contributed by atoms with Crippen molar-refractivity contribution in [3.63, 3.8) is 0 Å². The van der Waals surface area contributed by atoms with Gasteiger partial charge in [-0.05, 0) is 0 Å². The highest BCUT2D eigenvalue weighted by molar-refractivity contribution is 5.68. The number of ether oxygens (including phenoxy) is 3. The molecular formula is C10H17NO5. The number of aliphatic hydroxyl groups is 1. The predicted molar refractivity (Wildman–Crippen MR) is 53.9 cm³/mol. The van der Waals surface area contributed by atoms with Gasteiger partial charge in [-0.1, -0.05) is 0 Å². The summed E-state index contributed by atoms with van der Waals surface area (Å²) in [6, 6.07) is -0.292. The number of carbonyl (C=O) groups excluding carboxylic acids is 1. The van der Waals surface area contributed by atoms with Gasteiger partial charge in [0.15, 0.2) is 5.79 Å². The minimum Gasteiger partial charge on any atom is -0.453 e. The standard InChI is InChI=1S/C10H17NO5/c1-14-9(13)11-3-2-10(6-8(11)7-12)15-4-5-16-10/h8,12H,2-7H2,1H3. The van der Waals surface area contributed by atoms with E-state index in [4.69, 9.17) is 9.47 Å². The van der Waals surface area contributed by atoms with Crippen molar-refractivity contribution in [1.82, 2.24) is 4.90 Å². The van der Waals surface area contributed by atoms with Crippen LogP contribution in [0, 0.1) is 0 Å². The first-order chi connectivity index (χ1) is 7.71. The van der Waals surface area contributed by atoms with E-state index in [9.17, 15) is 9.90 Å². The number of carbonyl (C=O) groups is 1. The van der Waals surface area contributed by atoms with Crippen molar-refractivity contribution >= 4 is 6.09 Å². The third-order valence-electron chi connectivity index (χ3n) is 3.15. The summed E-state index contributed by atoms with van der Waals surface area (Å²) in [4.78, 5) is 13.0. The normalized spacial score (nSPS) is 28.4. The average Bonchev–Trinajstić information content (AvgIpc) is 2.76. The van der Waals surface area contributed by atoms with Crippen LogP contribution in [0.3, 0.4) is 0 Å². The fourth-order valence-corrected chi connectivity index (χ4v) is 2.32. The van der Waals surface area contributed by atoms with E-state index in [0.29, 0.717) is 32.6 Å². The van der Waals surface area contributed by atoms with Crippen molar-refractivity contribution in [2.75, 3.05) is 33.5 Å². The van der Waals surface area contributed by atoms with Crippen LogP contribution in [0.5, 0.6) is 0 Å². The number of aliphatic hydroxyl groups excluding tert-OH is 1. The zero-order valence-corrected chi connectivity index (χ0v) is 9.35. The van der Waals surface area contributed by atoms with Gasteiger partial charge in [0.05, 0.1) is 33.0 Å². The quantitative estimate of drug-likeness (QED) is 0.685. The molecule has 2 fully saturated rings. The fourth-order valence-electron chi connectivity index (χ4n) is 2.32. The Bertz CT molecular complexity index is 264. The van der Waals surface area contributed by atoms with Crippen LogP contribution in [-0.2, 0) is 14.2 Å². The molecule has 1 spiro atoms. The van der Waals surface area contributed by atoms with E-state index in [1.54, 1.807) is 0 Å². The second-order valence-electron chi connectivity index (χ2n) is 4.06. The van der Waals surface area contributed by atoms with Gasteiger partial charge in [0.2, 0.25) is 0 Å². The molecule has 1 unspecified atom stereocenters. The van der Waals surface area contributed by atoms with Crippen molar-refractivity contribution < 1.29 is 24.1 Å². The lowest BCUT2D eigenvalue weighted by Crippen LogP contribution is -2.54. The van der Waals surface area contributed by atoms with Gasteiger partial charge >= 0.3 is 6.09 Å². The third-order valence-corrected chi connectivity index (χ3v) is 3.15. The number of hydrogen-bond donors (Lipinski definition) is 1. The van der Waals surface area contributed by atoms with E-state index < -0.39 is 11.9 Å². The van der Waals surface area contributed by atoms with Gasteiger partial charge in [0, 0.05) is 19.4 Å². The maximum Gasteiger partial charge on any atom is 0.409 e. The molecule has 6 nitrogen and oxygen atoms in total. The number of piperidine rings is 1. The first-order valence-corrected chi connectivity index (χ1v) is 5.44. The van der Waals surface area contributed by atoms with E-state index in [-0.39, 0.29) is 12.6 Å². The first kappa shape index (κ1) is 11.6. The first-order valence-electron chi connectivity index (χ1n) is 5.44. The van der Waals surface area contributed by atoms with Gasteiger partial charge < -0.3 is 24.2 Å². The maximum atomic E-state index is 11.5. The van der Waals surface area contributed by atoms with Crippen LogP contribution < -0.4 is 0 Å². The molecule has 1 amide bonds. The van der Waals surface area contributed by atoms with Gasteiger partial charge in [0.25, 0.3) is 0 Å². The number of likely N-dealkylation sites (tertiary alicyclic amines) is 1. The number of methoxy groups -OCH3 is 1. The lowest BCUT2D eigenvalue weighted by atomic mass is 9.97. The number of rotatable bonds is 1. The summed E-state index contributed by atoms with van der Waals surface area (Å²) < 4.78 is 15.8. The summed E-state index contributed by atoms with van der Waals surface area (Å²) in [6.45, 7) is 1.54. The van der Waals surface area contributed by atoms with Crippen LogP contribution in [0.1, 0.15) is 12.8 Å². The Morgan fingerprint density at radius 2 is 2.25 bits per heavy atom. The molecule has 6 heteroatoms. The summed E-state index contributed by atoms with van der Waals surface area (Å²) in [5.74, 6) is -0.599. The minimum absolute atomic E-state index is 0.108. The molecular weight excluding hydrogens is 214 g/mol. The third kappa shape index (κ3) is 2.00. The predicted octanol–water partition coefficient (Wildman–Crippen LogP) is -0.0474. The molecule has 16 heavy (non-hydrogen) atoms. The SMILES string of the molecule is COC(=O)N1CCC2(CC1CO)OCCO2. The van der Waals surface area contributed by atoms with Crippen LogP contribution in [-0.4, -0.2) is 61.4 Å². The maximum absolute atomic E-state index is 11.5. The molecule has 0 saturated carbocycles. The van der Waals surface area contributed by atoms with Crippen molar-refractivity contribution in [3.8, 4) is 0 Å². The van der Waals surface area contributed by atoms with Crippen LogP contribution in [0.4, 0.5) is 4.79 Å². The Kier molecular flexibility index (Phi) is 3.32. The second-order valence-corrected chi connectivity index (χ2v) is 4.06. The molecule has 2 saturated heterocycles. The number of nitrogens with zero attached hydrogens (tertiary/aromatic N) is 1. The van der Waals surface area contributed by atoms with Crippen LogP contribution in [0.25, 0.3) is 0 Å². The van der Waals surface area contributed by atoms with Crippen LogP contribution in [0.15, 0.2) is 0 Å². The van der Waals surface area contributed by atoms with Crippen LogP contribution >= 0.6 is 0 Å². The zero-order valence-electron chi connectivity index (χ0n) is 9.35. The average molecular weight is 231 g/mol. The van der Waals surface area contributed by atoms with Crippen molar-refractivity contribution in [3.05, 3.63) is 0 Å². The molecule has 2 heterocycles. The van der Waals surface area contributed by atoms with Gasteiger partial charge in [-0.2, -0.15) is 0 Å². The molecule has 92 valence electrons. The molecule has 0 aromatic rings. The molecule has 0 radical (unpaired) electrons. The summed E-state index contributed by atoms with van der Waals surface area (Å²) in [5, 5.41) is 9.29. The lowest BCUT2D eigenvalue weighted by Gasteiger charge is -2.41. The molecule has 1 atom stereocenters.